The van der Waals surface area contributed by atoms with Gasteiger partial charge in [0.05, 0.1) is 30.3 Å². The minimum atomic E-state index is -0.659. The van der Waals surface area contributed by atoms with Crippen LogP contribution < -0.4 is 0 Å². The molecule has 0 saturated heterocycles. The molecule has 1 heterocycles. The number of rotatable bonds is 4. The summed E-state index contributed by atoms with van der Waals surface area (Å²) in [6.07, 6.45) is 3.07. The van der Waals surface area contributed by atoms with Gasteiger partial charge in [-0.1, -0.05) is 0 Å². The molecule has 1 aromatic carbocycles. The number of halogens is 1. The number of non-ortho nitro benzene ring substituents is 1. The van der Waals surface area contributed by atoms with Crippen LogP contribution in [0.3, 0.4) is 0 Å². The Morgan fingerprint density at radius 1 is 1.39 bits per heavy atom. The second-order valence-corrected chi connectivity index (χ2v) is 3.78. The van der Waals surface area contributed by atoms with Crippen molar-refractivity contribution >= 4 is 5.69 Å². The van der Waals surface area contributed by atoms with Gasteiger partial charge in [0.1, 0.15) is 5.82 Å². The number of benzene rings is 1. The van der Waals surface area contributed by atoms with Gasteiger partial charge in [-0.3, -0.25) is 14.8 Å². The van der Waals surface area contributed by atoms with Crippen molar-refractivity contribution in [2.45, 2.75) is 13.2 Å². The number of hydrogen-bond acceptors (Lipinski definition) is 4. The van der Waals surface area contributed by atoms with Gasteiger partial charge in [0, 0.05) is 17.8 Å². The summed E-state index contributed by atoms with van der Waals surface area (Å²) in [7, 11) is 0. The molecule has 7 heteroatoms. The molecule has 0 saturated carbocycles. The molecule has 0 spiro atoms. The van der Waals surface area contributed by atoms with Crippen molar-refractivity contribution in [1.29, 1.82) is 0 Å². The number of hydrogen-bond donors (Lipinski definition) is 1. The predicted octanol–water partition coefficient (Wildman–Crippen LogP) is 1.47. The molecule has 2 aromatic rings. The number of nitro groups is 1. The normalized spacial score (nSPS) is 10.6. The molecule has 0 aliphatic rings. The maximum absolute atomic E-state index is 13.2. The van der Waals surface area contributed by atoms with E-state index in [0.29, 0.717) is 11.1 Å². The number of aliphatic hydroxyl groups excluding tert-OH is 1. The van der Waals surface area contributed by atoms with E-state index in [-0.39, 0.29) is 18.8 Å². The Labute approximate surface area is 101 Å². The predicted molar refractivity (Wildman–Crippen MR) is 60.3 cm³/mol. The van der Waals surface area contributed by atoms with Crippen molar-refractivity contribution in [3.63, 3.8) is 0 Å². The smallest absolute Gasteiger partial charge is 0.272 e. The van der Waals surface area contributed by atoms with E-state index in [1.807, 2.05) is 0 Å². The largest absolute Gasteiger partial charge is 0.392 e. The molecule has 6 nitrogen and oxygen atoms in total. The molecule has 0 bridgehead atoms. The Balaban J connectivity index is 2.25. The van der Waals surface area contributed by atoms with Crippen molar-refractivity contribution < 1.29 is 14.4 Å². The maximum Gasteiger partial charge on any atom is 0.272 e. The third-order valence-electron chi connectivity index (χ3n) is 2.37. The summed E-state index contributed by atoms with van der Waals surface area (Å²) in [4.78, 5) is 9.95. The molecule has 2 rings (SSSR count). The first-order chi connectivity index (χ1) is 8.58. The zero-order valence-corrected chi connectivity index (χ0v) is 9.28. The highest BCUT2D eigenvalue weighted by Gasteiger charge is 2.10. The van der Waals surface area contributed by atoms with Crippen LogP contribution in [0.2, 0.25) is 0 Å². The van der Waals surface area contributed by atoms with Crippen LogP contribution in [0.15, 0.2) is 30.6 Å². The number of aromatic nitrogens is 2. The first-order valence-corrected chi connectivity index (χ1v) is 5.14. The van der Waals surface area contributed by atoms with E-state index in [0.717, 1.165) is 6.07 Å². The zero-order chi connectivity index (χ0) is 13.1. The standard InChI is InChI=1S/C11H10FN3O3/c12-10-1-8(2-11(3-10)15(17)18)5-14-6-9(7-16)4-13-14/h1-4,6,16H,5,7H2. The van der Waals surface area contributed by atoms with E-state index in [4.69, 9.17) is 5.11 Å². The second-order valence-electron chi connectivity index (χ2n) is 3.78. The Morgan fingerprint density at radius 2 is 2.17 bits per heavy atom. The van der Waals surface area contributed by atoms with Gasteiger partial charge < -0.3 is 5.11 Å². The summed E-state index contributed by atoms with van der Waals surface area (Å²) >= 11 is 0. The van der Waals surface area contributed by atoms with Crippen LogP contribution >= 0.6 is 0 Å². The van der Waals surface area contributed by atoms with Gasteiger partial charge in [0.25, 0.3) is 5.69 Å². The van der Waals surface area contributed by atoms with Crippen molar-refractivity contribution in [2.75, 3.05) is 0 Å². The Kier molecular flexibility index (Phi) is 3.33. The molecule has 0 atom stereocenters. The Morgan fingerprint density at radius 3 is 2.78 bits per heavy atom. The van der Waals surface area contributed by atoms with Crippen LogP contribution in [0.25, 0.3) is 0 Å². The highest BCUT2D eigenvalue weighted by Crippen LogP contribution is 2.17. The first kappa shape index (κ1) is 12.2. The molecule has 1 aromatic heterocycles. The van der Waals surface area contributed by atoms with Gasteiger partial charge in [-0.05, 0) is 11.6 Å². The molecule has 94 valence electrons. The zero-order valence-electron chi connectivity index (χ0n) is 9.28. The minimum absolute atomic E-state index is 0.136. The quantitative estimate of drug-likeness (QED) is 0.659. The van der Waals surface area contributed by atoms with E-state index < -0.39 is 10.7 Å². The summed E-state index contributed by atoms with van der Waals surface area (Å²) < 4.78 is 14.7. The molecule has 0 unspecified atom stereocenters. The monoisotopic (exact) mass is 251 g/mol. The second kappa shape index (κ2) is 4.92. The molecule has 0 radical (unpaired) electrons. The molecule has 18 heavy (non-hydrogen) atoms. The van der Waals surface area contributed by atoms with Crippen LogP contribution in [0.4, 0.5) is 10.1 Å². The van der Waals surface area contributed by atoms with Gasteiger partial charge in [0.2, 0.25) is 0 Å². The maximum atomic E-state index is 13.2. The molecule has 0 amide bonds. The van der Waals surface area contributed by atoms with Gasteiger partial charge >= 0.3 is 0 Å². The van der Waals surface area contributed by atoms with E-state index in [2.05, 4.69) is 5.10 Å². The Bertz CT molecular complexity index is 583. The molecule has 0 aliphatic heterocycles. The summed E-state index contributed by atoms with van der Waals surface area (Å²) in [6.45, 7) is 0.0713. The fourth-order valence-corrected chi connectivity index (χ4v) is 1.59. The van der Waals surface area contributed by atoms with Crippen molar-refractivity contribution in [2.24, 2.45) is 0 Å². The molecule has 0 aliphatic carbocycles. The van der Waals surface area contributed by atoms with E-state index in [1.54, 1.807) is 6.20 Å². The fraction of sp³-hybridized carbons (Fsp3) is 0.182. The molecule has 1 N–H and O–H groups in total. The lowest BCUT2D eigenvalue weighted by Crippen LogP contribution is -2.01. The average Bonchev–Trinajstić information content (AvgIpc) is 2.76. The highest BCUT2D eigenvalue weighted by molar-refractivity contribution is 5.35. The van der Waals surface area contributed by atoms with E-state index in [9.17, 15) is 14.5 Å². The molecule has 0 fully saturated rings. The lowest BCUT2D eigenvalue weighted by molar-refractivity contribution is -0.385. The third kappa shape index (κ3) is 2.69. The minimum Gasteiger partial charge on any atom is -0.392 e. The summed E-state index contributed by atoms with van der Waals surface area (Å²) in [5, 5.41) is 23.4. The first-order valence-electron chi connectivity index (χ1n) is 5.14. The van der Waals surface area contributed by atoms with E-state index >= 15 is 0 Å². The van der Waals surface area contributed by atoms with Crippen LogP contribution in [0.5, 0.6) is 0 Å². The SMILES string of the molecule is O=[N+]([O-])c1cc(F)cc(Cn2cc(CO)cn2)c1. The van der Waals surface area contributed by atoms with Gasteiger partial charge in [-0.2, -0.15) is 5.10 Å². The molecular weight excluding hydrogens is 241 g/mol. The number of aliphatic hydroxyl groups is 1. The lowest BCUT2D eigenvalue weighted by atomic mass is 10.2. The fourth-order valence-electron chi connectivity index (χ4n) is 1.59. The summed E-state index contributed by atoms with van der Waals surface area (Å²) in [6, 6.07) is 3.38. The highest BCUT2D eigenvalue weighted by atomic mass is 19.1. The van der Waals surface area contributed by atoms with Crippen molar-refractivity contribution in [3.05, 3.63) is 57.7 Å². The number of nitrogens with zero attached hydrogens (tertiary/aromatic N) is 3. The Hall–Kier alpha value is -2.28. The van der Waals surface area contributed by atoms with Gasteiger partial charge in [0.15, 0.2) is 0 Å². The van der Waals surface area contributed by atoms with E-state index in [1.165, 1.54) is 23.0 Å². The van der Waals surface area contributed by atoms with Crippen molar-refractivity contribution in [3.8, 4) is 0 Å². The third-order valence-corrected chi connectivity index (χ3v) is 2.37. The lowest BCUT2D eigenvalue weighted by Gasteiger charge is -2.02. The van der Waals surface area contributed by atoms with Crippen LogP contribution in [0.1, 0.15) is 11.1 Å². The summed E-state index contributed by atoms with van der Waals surface area (Å²) in [5.41, 5.74) is 0.773. The van der Waals surface area contributed by atoms with Gasteiger partial charge in [-0.25, -0.2) is 4.39 Å². The number of nitro benzene ring substituents is 1. The van der Waals surface area contributed by atoms with Gasteiger partial charge in [-0.15, -0.1) is 0 Å². The topological polar surface area (TPSA) is 81.2 Å². The van der Waals surface area contributed by atoms with Crippen molar-refractivity contribution in [1.82, 2.24) is 9.78 Å². The van der Waals surface area contributed by atoms with Crippen LogP contribution in [-0.4, -0.2) is 19.8 Å². The summed E-state index contributed by atoms with van der Waals surface area (Å²) in [5.74, 6) is -0.659. The van der Waals surface area contributed by atoms with Crippen LogP contribution in [-0.2, 0) is 13.2 Å². The molecular formula is C11H10FN3O3. The van der Waals surface area contributed by atoms with Crippen LogP contribution in [0, 0.1) is 15.9 Å². The average molecular weight is 251 g/mol.